The second kappa shape index (κ2) is 6.10. The maximum atomic E-state index is 12.0. The maximum absolute atomic E-state index is 12.0. The normalized spacial score (nSPS) is 20.0. The first-order valence-electron chi connectivity index (χ1n) is 7.21. The largest absolute Gasteiger partial charge is 0.462 e. The fraction of sp³-hybridized carbons (Fsp3) is 0.467. The molecule has 3 heterocycles. The number of urea groups is 1. The third kappa shape index (κ3) is 3.31. The monoisotopic (exact) mass is 321 g/mol. The lowest BCUT2D eigenvalue weighted by molar-refractivity contribution is 0.0235. The van der Waals surface area contributed by atoms with Crippen molar-refractivity contribution in [3.63, 3.8) is 0 Å². The van der Waals surface area contributed by atoms with Gasteiger partial charge >= 0.3 is 6.03 Å². The fourth-order valence-corrected chi connectivity index (χ4v) is 3.20. The van der Waals surface area contributed by atoms with Gasteiger partial charge in [-0.1, -0.05) is 0 Å². The number of furan rings is 1. The number of rotatable bonds is 4. The number of thiazole rings is 1. The first-order valence-corrected chi connectivity index (χ1v) is 8.09. The van der Waals surface area contributed by atoms with Gasteiger partial charge in [0.25, 0.3) is 0 Å². The predicted molar refractivity (Wildman–Crippen MR) is 83.6 cm³/mol. The van der Waals surface area contributed by atoms with Crippen molar-refractivity contribution in [3.8, 4) is 10.8 Å². The minimum absolute atomic E-state index is 0.0293. The Kier molecular flexibility index (Phi) is 4.17. The molecule has 22 heavy (non-hydrogen) atoms. The van der Waals surface area contributed by atoms with Gasteiger partial charge < -0.3 is 19.8 Å². The molecule has 0 spiro atoms. The summed E-state index contributed by atoms with van der Waals surface area (Å²) < 4.78 is 10.9. The summed E-state index contributed by atoms with van der Waals surface area (Å²) in [6.45, 7) is 5.04. The molecule has 6 nitrogen and oxygen atoms in total. The van der Waals surface area contributed by atoms with E-state index in [9.17, 15) is 4.79 Å². The molecule has 1 aliphatic rings. The van der Waals surface area contributed by atoms with E-state index in [4.69, 9.17) is 9.15 Å². The highest BCUT2D eigenvalue weighted by Crippen LogP contribution is 2.25. The Morgan fingerprint density at radius 2 is 2.41 bits per heavy atom. The van der Waals surface area contributed by atoms with E-state index >= 15 is 0 Å². The quantitative estimate of drug-likeness (QED) is 0.908. The minimum atomic E-state index is -0.315. The lowest BCUT2D eigenvalue weighted by atomic mass is 9.99. The van der Waals surface area contributed by atoms with Crippen LogP contribution in [0, 0.1) is 0 Å². The van der Waals surface area contributed by atoms with Crippen molar-refractivity contribution in [1.29, 1.82) is 0 Å². The molecule has 1 aliphatic heterocycles. The average Bonchev–Trinajstić information content (AvgIpc) is 3.18. The fourth-order valence-electron chi connectivity index (χ4n) is 2.42. The van der Waals surface area contributed by atoms with Crippen LogP contribution >= 0.6 is 11.3 Å². The van der Waals surface area contributed by atoms with Crippen LogP contribution in [0.2, 0.25) is 0 Å². The van der Waals surface area contributed by atoms with Gasteiger partial charge in [-0.2, -0.15) is 0 Å². The van der Waals surface area contributed by atoms with Crippen molar-refractivity contribution in [1.82, 2.24) is 15.6 Å². The number of carbonyl (C=O) groups is 1. The van der Waals surface area contributed by atoms with Crippen molar-refractivity contribution < 1.29 is 13.9 Å². The number of carbonyl (C=O) groups excluding carboxylic acids is 1. The van der Waals surface area contributed by atoms with Crippen molar-refractivity contribution in [2.75, 3.05) is 6.61 Å². The highest BCUT2D eigenvalue weighted by molar-refractivity contribution is 7.13. The van der Waals surface area contributed by atoms with Crippen LogP contribution in [0.1, 0.15) is 26.0 Å². The molecular weight excluding hydrogens is 302 g/mol. The van der Waals surface area contributed by atoms with Gasteiger partial charge in [0.05, 0.1) is 30.1 Å². The molecule has 7 heteroatoms. The molecular formula is C15H19N3O3S. The number of nitrogens with zero attached hydrogens (tertiary/aromatic N) is 1. The molecule has 1 atom stereocenters. The van der Waals surface area contributed by atoms with E-state index in [1.54, 1.807) is 6.26 Å². The van der Waals surface area contributed by atoms with Gasteiger partial charge in [-0.05, 0) is 32.4 Å². The molecule has 1 unspecified atom stereocenters. The molecule has 2 aromatic heterocycles. The lowest BCUT2D eigenvalue weighted by Gasteiger charge is -2.26. The smallest absolute Gasteiger partial charge is 0.315 e. The maximum Gasteiger partial charge on any atom is 0.315 e. The van der Waals surface area contributed by atoms with Gasteiger partial charge in [0, 0.05) is 12.0 Å². The van der Waals surface area contributed by atoms with Crippen LogP contribution in [-0.2, 0) is 11.3 Å². The topological polar surface area (TPSA) is 76.4 Å². The molecule has 0 aliphatic carbocycles. The summed E-state index contributed by atoms with van der Waals surface area (Å²) in [5.41, 5.74) is 0.498. The van der Waals surface area contributed by atoms with Gasteiger partial charge in [0.2, 0.25) is 0 Å². The number of aromatic nitrogens is 1. The van der Waals surface area contributed by atoms with E-state index in [1.165, 1.54) is 11.3 Å². The summed E-state index contributed by atoms with van der Waals surface area (Å²) in [4.78, 5) is 16.4. The Hall–Kier alpha value is -1.86. The first kappa shape index (κ1) is 15.1. The lowest BCUT2D eigenvalue weighted by Crippen LogP contribution is -2.49. The van der Waals surface area contributed by atoms with Crippen LogP contribution in [0.15, 0.2) is 28.2 Å². The van der Waals surface area contributed by atoms with Crippen LogP contribution in [0.3, 0.4) is 0 Å². The molecule has 1 saturated heterocycles. The zero-order valence-electron chi connectivity index (χ0n) is 12.6. The zero-order valence-corrected chi connectivity index (χ0v) is 13.4. The zero-order chi connectivity index (χ0) is 15.6. The number of ether oxygens (including phenoxy) is 1. The van der Waals surface area contributed by atoms with E-state index < -0.39 is 0 Å². The summed E-state index contributed by atoms with van der Waals surface area (Å²) in [6.07, 6.45) is 2.45. The SMILES string of the molecule is CC1(C)OCCC1NC(=O)NCc1csc(-c2ccco2)n1. The van der Waals surface area contributed by atoms with Crippen molar-refractivity contribution >= 4 is 17.4 Å². The van der Waals surface area contributed by atoms with Crippen LogP contribution in [0.5, 0.6) is 0 Å². The second-order valence-corrected chi connectivity index (χ2v) is 6.60. The number of amides is 2. The highest BCUT2D eigenvalue weighted by Gasteiger charge is 2.36. The molecule has 0 bridgehead atoms. The van der Waals surface area contributed by atoms with Gasteiger partial charge in [-0.15, -0.1) is 11.3 Å². The summed E-state index contributed by atoms with van der Waals surface area (Å²) >= 11 is 1.50. The van der Waals surface area contributed by atoms with Crippen molar-refractivity contribution in [3.05, 3.63) is 29.5 Å². The molecule has 2 N–H and O–H groups in total. The number of nitrogens with one attached hydrogen (secondary N) is 2. The molecule has 1 fully saturated rings. The Bertz CT molecular complexity index is 636. The number of hydrogen-bond acceptors (Lipinski definition) is 5. The molecule has 3 rings (SSSR count). The molecule has 0 saturated carbocycles. The molecule has 0 aromatic carbocycles. The Morgan fingerprint density at radius 3 is 3.09 bits per heavy atom. The third-order valence-corrected chi connectivity index (χ3v) is 4.64. The third-order valence-electron chi connectivity index (χ3n) is 3.74. The minimum Gasteiger partial charge on any atom is -0.462 e. The van der Waals surface area contributed by atoms with Crippen molar-refractivity contribution in [2.24, 2.45) is 0 Å². The van der Waals surface area contributed by atoms with Crippen LogP contribution in [0.25, 0.3) is 10.8 Å². The second-order valence-electron chi connectivity index (χ2n) is 5.74. The van der Waals surface area contributed by atoms with Crippen LogP contribution in [-0.4, -0.2) is 29.3 Å². The van der Waals surface area contributed by atoms with Gasteiger partial charge in [0.15, 0.2) is 10.8 Å². The average molecular weight is 321 g/mol. The summed E-state index contributed by atoms with van der Waals surface area (Å²) in [7, 11) is 0. The molecule has 2 amide bonds. The van der Waals surface area contributed by atoms with Gasteiger partial charge in [-0.25, -0.2) is 9.78 Å². The van der Waals surface area contributed by atoms with E-state index in [0.717, 1.165) is 22.9 Å². The summed E-state index contributed by atoms with van der Waals surface area (Å²) in [5.74, 6) is 0.741. The van der Waals surface area contributed by atoms with E-state index in [0.29, 0.717) is 13.2 Å². The van der Waals surface area contributed by atoms with Gasteiger partial charge in [0.1, 0.15) is 0 Å². The van der Waals surface area contributed by atoms with Crippen LogP contribution in [0.4, 0.5) is 4.79 Å². The summed E-state index contributed by atoms with van der Waals surface area (Å²) in [5, 5.41) is 8.52. The number of hydrogen-bond donors (Lipinski definition) is 2. The van der Waals surface area contributed by atoms with E-state index in [-0.39, 0.29) is 17.7 Å². The standard InChI is InChI=1S/C15H19N3O3S/c1-15(2)12(5-7-21-15)18-14(19)16-8-10-9-22-13(17-10)11-4-3-6-20-11/h3-4,6,9,12H,5,7-8H2,1-2H3,(H2,16,18,19). The highest BCUT2D eigenvalue weighted by atomic mass is 32.1. The van der Waals surface area contributed by atoms with Crippen LogP contribution < -0.4 is 10.6 Å². The predicted octanol–water partition coefficient (Wildman–Crippen LogP) is 2.77. The molecule has 118 valence electrons. The summed E-state index contributed by atoms with van der Waals surface area (Å²) in [6, 6.07) is 3.52. The first-order chi connectivity index (χ1) is 10.5. The van der Waals surface area contributed by atoms with E-state index in [1.807, 2.05) is 31.4 Å². The molecule has 0 radical (unpaired) electrons. The Labute approximate surface area is 132 Å². The van der Waals surface area contributed by atoms with Crippen molar-refractivity contribution in [2.45, 2.75) is 38.5 Å². The Morgan fingerprint density at radius 1 is 1.55 bits per heavy atom. The van der Waals surface area contributed by atoms with E-state index in [2.05, 4.69) is 15.6 Å². The Balaban J connectivity index is 1.51. The molecule has 2 aromatic rings. The van der Waals surface area contributed by atoms with Gasteiger partial charge in [-0.3, -0.25) is 0 Å².